The first-order valence-electron chi connectivity index (χ1n) is 8.73. The van der Waals surface area contributed by atoms with Crippen molar-refractivity contribution in [3.63, 3.8) is 0 Å². The number of halogens is 3. The summed E-state index contributed by atoms with van der Waals surface area (Å²) in [5.41, 5.74) is 3.14. The van der Waals surface area contributed by atoms with Gasteiger partial charge in [-0.2, -0.15) is 0 Å². The predicted molar refractivity (Wildman–Crippen MR) is 120 cm³/mol. The Labute approximate surface area is 186 Å². The van der Waals surface area contributed by atoms with Gasteiger partial charge in [-0.25, -0.2) is 0 Å². The molecule has 158 valence electrons. The van der Waals surface area contributed by atoms with E-state index in [1.807, 2.05) is 18.3 Å². The number of piperidine rings is 1. The highest BCUT2D eigenvalue weighted by Gasteiger charge is 2.15. The molecule has 0 aliphatic carbocycles. The van der Waals surface area contributed by atoms with E-state index < -0.39 is 0 Å². The number of hydrogen-bond acceptors (Lipinski definition) is 5. The van der Waals surface area contributed by atoms with Crippen LogP contribution >= 0.6 is 37.2 Å². The Balaban J connectivity index is 0.00000243. The second-order valence-electron chi connectivity index (χ2n) is 6.30. The zero-order chi connectivity index (χ0) is 17.6. The lowest BCUT2D eigenvalue weighted by Crippen LogP contribution is -2.29. The van der Waals surface area contributed by atoms with E-state index in [9.17, 15) is 0 Å². The maximum Gasteiger partial charge on any atom is 0.203 e. The third kappa shape index (κ3) is 6.31. The van der Waals surface area contributed by atoms with Crippen LogP contribution in [0.3, 0.4) is 0 Å². The number of aromatic nitrogens is 1. The number of pyridine rings is 1. The van der Waals surface area contributed by atoms with Crippen LogP contribution in [0.2, 0.25) is 0 Å². The first kappa shape index (κ1) is 26.6. The molecule has 28 heavy (non-hydrogen) atoms. The molecule has 1 aromatic heterocycles. The molecule has 0 amide bonds. The zero-order valence-corrected chi connectivity index (χ0v) is 18.9. The third-order valence-electron chi connectivity index (χ3n) is 4.64. The molecule has 2 aromatic rings. The number of rotatable bonds is 6. The molecule has 0 spiro atoms. The maximum atomic E-state index is 5.45. The summed E-state index contributed by atoms with van der Waals surface area (Å²) in [7, 11) is 4.86. The van der Waals surface area contributed by atoms with Crippen molar-refractivity contribution >= 4 is 37.2 Å². The summed E-state index contributed by atoms with van der Waals surface area (Å²) in [6.07, 6.45) is 5.82. The normalized spacial score (nSPS) is 13.4. The number of benzene rings is 1. The lowest BCUT2D eigenvalue weighted by molar-refractivity contribution is 0.221. The van der Waals surface area contributed by atoms with Crippen molar-refractivity contribution in [3.05, 3.63) is 36.0 Å². The van der Waals surface area contributed by atoms with Gasteiger partial charge in [-0.1, -0.05) is 6.42 Å². The van der Waals surface area contributed by atoms with Gasteiger partial charge >= 0.3 is 0 Å². The second-order valence-corrected chi connectivity index (χ2v) is 6.30. The van der Waals surface area contributed by atoms with Gasteiger partial charge in [0.05, 0.1) is 27.0 Å². The van der Waals surface area contributed by atoms with Crippen LogP contribution in [0.1, 0.15) is 24.8 Å². The van der Waals surface area contributed by atoms with Crippen LogP contribution in [-0.2, 0) is 6.54 Å². The lowest BCUT2D eigenvalue weighted by Gasteiger charge is -2.26. The first-order valence-corrected chi connectivity index (χ1v) is 8.73. The molecule has 1 aromatic carbocycles. The van der Waals surface area contributed by atoms with Gasteiger partial charge in [0.15, 0.2) is 11.5 Å². The average molecular weight is 452 g/mol. The van der Waals surface area contributed by atoms with Crippen molar-refractivity contribution < 1.29 is 14.2 Å². The second kappa shape index (κ2) is 12.9. The highest BCUT2D eigenvalue weighted by Crippen LogP contribution is 2.40. The minimum Gasteiger partial charge on any atom is -0.493 e. The van der Waals surface area contributed by atoms with Crippen molar-refractivity contribution in [2.75, 3.05) is 34.4 Å². The molecule has 0 atom stereocenters. The molecule has 0 bridgehead atoms. The number of likely N-dealkylation sites (tertiary alicyclic amines) is 1. The molecule has 1 aliphatic rings. The third-order valence-corrected chi connectivity index (χ3v) is 4.64. The Morgan fingerprint density at radius 2 is 1.46 bits per heavy atom. The van der Waals surface area contributed by atoms with Gasteiger partial charge in [0.2, 0.25) is 5.75 Å². The van der Waals surface area contributed by atoms with E-state index in [4.69, 9.17) is 14.2 Å². The van der Waals surface area contributed by atoms with Gasteiger partial charge < -0.3 is 14.2 Å². The van der Waals surface area contributed by atoms with E-state index >= 15 is 0 Å². The molecule has 8 heteroatoms. The summed E-state index contributed by atoms with van der Waals surface area (Å²) in [5.74, 6) is 1.87. The van der Waals surface area contributed by atoms with Gasteiger partial charge in [-0.15, -0.1) is 37.2 Å². The van der Waals surface area contributed by atoms with E-state index in [0.29, 0.717) is 17.2 Å². The summed E-state index contributed by atoms with van der Waals surface area (Å²) < 4.78 is 16.3. The van der Waals surface area contributed by atoms with E-state index in [0.717, 1.165) is 17.8 Å². The van der Waals surface area contributed by atoms with Crippen LogP contribution in [0.25, 0.3) is 11.3 Å². The molecular formula is C20H29Cl3N2O3. The molecule has 0 unspecified atom stereocenters. The quantitative estimate of drug-likeness (QED) is 0.616. The predicted octanol–water partition coefficient (Wildman–Crippen LogP) is 5.03. The highest BCUT2D eigenvalue weighted by atomic mass is 35.5. The summed E-state index contributed by atoms with van der Waals surface area (Å²) in [4.78, 5) is 7.05. The molecule has 1 saturated heterocycles. The van der Waals surface area contributed by atoms with Crippen LogP contribution in [0, 0.1) is 0 Å². The average Bonchev–Trinajstić information content (AvgIpc) is 2.67. The summed E-state index contributed by atoms with van der Waals surface area (Å²) >= 11 is 0. The van der Waals surface area contributed by atoms with Gasteiger partial charge in [-0.3, -0.25) is 9.88 Å². The van der Waals surface area contributed by atoms with Gasteiger partial charge in [0.25, 0.3) is 0 Å². The van der Waals surface area contributed by atoms with Gasteiger partial charge in [-0.05, 0) is 55.8 Å². The standard InChI is InChI=1S/C20H26N2O3.3ClH/c1-23-18-12-16(13-19(24-2)20(18)25-3)17-11-15(7-8-21-17)14-22-9-5-4-6-10-22;;;/h7-8,11-13H,4-6,9-10,14H2,1-3H3;3*1H. The molecule has 2 heterocycles. The number of hydrogen-bond donors (Lipinski definition) is 0. The number of ether oxygens (including phenoxy) is 3. The Morgan fingerprint density at radius 1 is 0.857 bits per heavy atom. The van der Waals surface area contributed by atoms with Crippen molar-refractivity contribution in [2.45, 2.75) is 25.8 Å². The monoisotopic (exact) mass is 450 g/mol. The Hall–Kier alpha value is -1.40. The lowest BCUT2D eigenvalue weighted by atomic mass is 10.1. The fraction of sp³-hybridized carbons (Fsp3) is 0.450. The molecule has 1 fully saturated rings. The number of nitrogens with zero attached hydrogens (tertiary/aromatic N) is 2. The van der Waals surface area contributed by atoms with Crippen molar-refractivity contribution in [1.82, 2.24) is 9.88 Å². The maximum absolute atomic E-state index is 5.45. The topological polar surface area (TPSA) is 43.8 Å². The SMILES string of the molecule is COc1cc(-c2cc(CN3CCCCC3)ccn2)cc(OC)c1OC.Cl.Cl.Cl. The summed E-state index contributed by atoms with van der Waals surface area (Å²) in [6.45, 7) is 3.34. The van der Waals surface area contributed by atoms with E-state index in [1.165, 1.54) is 37.9 Å². The fourth-order valence-corrected chi connectivity index (χ4v) is 3.34. The van der Waals surface area contributed by atoms with Gasteiger partial charge in [0.1, 0.15) is 0 Å². The van der Waals surface area contributed by atoms with Crippen molar-refractivity contribution in [3.8, 4) is 28.5 Å². The Kier molecular flexibility index (Phi) is 12.3. The summed E-state index contributed by atoms with van der Waals surface area (Å²) in [5, 5.41) is 0. The Bertz CT molecular complexity index is 701. The van der Waals surface area contributed by atoms with Crippen LogP contribution in [0.5, 0.6) is 17.2 Å². The van der Waals surface area contributed by atoms with Crippen LogP contribution < -0.4 is 14.2 Å². The molecule has 0 saturated carbocycles. The van der Waals surface area contributed by atoms with E-state index in [2.05, 4.69) is 22.0 Å². The first-order chi connectivity index (χ1) is 12.2. The fourth-order valence-electron chi connectivity index (χ4n) is 3.34. The molecule has 5 nitrogen and oxygen atoms in total. The molecule has 3 rings (SSSR count). The number of methoxy groups -OCH3 is 3. The van der Waals surface area contributed by atoms with Crippen LogP contribution in [0.4, 0.5) is 0 Å². The molecular weight excluding hydrogens is 423 g/mol. The van der Waals surface area contributed by atoms with Crippen LogP contribution in [0.15, 0.2) is 30.5 Å². The minimum absolute atomic E-state index is 0. The zero-order valence-electron chi connectivity index (χ0n) is 16.5. The van der Waals surface area contributed by atoms with Crippen molar-refractivity contribution in [1.29, 1.82) is 0 Å². The Morgan fingerprint density at radius 3 is 2.00 bits per heavy atom. The molecule has 1 aliphatic heterocycles. The smallest absolute Gasteiger partial charge is 0.203 e. The highest BCUT2D eigenvalue weighted by molar-refractivity contribution is 5.86. The van der Waals surface area contributed by atoms with E-state index in [1.54, 1.807) is 21.3 Å². The summed E-state index contributed by atoms with van der Waals surface area (Å²) in [6, 6.07) is 8.12. The van der Waals surface area contributed by atoms with E-state index in [-0.39, 0.29) is 37.2 Å². The molecule has 0 N–H and O–H groups in total. The van der Waals surface area contributed by atoms with Crippen molar-refractivity contribution in [2.24, 2.45) is 0 Å². The molecule has 0 radical (unpaired) electrons. The largest absolute Gasteiger partial charge is 0.493 e. The van der Waals surface area contributed by atoms with Crippen LogP contribution in [-0.4, -0.2) is 44.3 Å². The van der Waals surface area contributed by atoms with Gasteiger partial charge in [0, 0.05) is 18.3 Å². The minimum atomic E-state index is 0.